The van der Waals surface area contributed by atoms with Gasteiger partial charge < -0.3 is 0 Å². The van der Waals surface area contributed by atoms with E-state index < -0.39 is 14.2 Å². The molecule has 2 unspecified atom stereocenters. The second-order valence-electron chi connectivity index (χ2n) is 17.4. The zero-order chi connectivity index (χ0) is 30.6. The average Bonchev–Trinajstić information content (AvgIpc) is 3.63. The van der Waals surface area contributed by atoms with Crippen LogP contribution in [0.1, 0.15) is 73.3 Å². The van der Waals surface area contributed by atoms with Gasteiger partial charge in [-0.1, -0.05) is 0 Å². The van der Waals surface area contributed by atoms with Gasteiger partial charge >= 0.3 is 258 Å². The van der Waals surface area contributed by atoms with Crippen molar-refractivity contribution in [3.05, 3.63) is 130 Å². The van der Waals surface area contributed by atoms with E-state index in [0.29, 0.717) is 7.35 Å². The van der Waals surface area contributed by atoms with E-state index in [1.54, 1.807) is 11.1 Å². The number of unbranched alkanes of at least 4 members (excludes halogenated alkanes) is 3. The van der Waals surface area contributed by atoms with Gasteiger partial charge in [0, 0.05) is 0 Å². The summed E-state index contributed by atoms with van der Waals surface area (Å²) in [6.07, 6.45) is 15.5. The quantitative estimate of drug-likeness (QED) is 0.118. The Balaban J connectivity index is 1.55. The van der Waals surface area contributed by atoms with Crippen molar-refractivity contribution in [3.63, 3.8) is 0 Å². The zero-order valence-electron chi connectivity index (χ0n) is 27.3. The molecule has 0 spiro atoms. The summed E-state index contributed by atoms with van der Waals surface area (Å²) in [7, 11) is 0. The van der Waals surface area contributed by atoms with Crippen LogP contribution in [0.5, 0.6) is 0 Å². The summed E-state index contributed by atoms with van der Waals surface area (Å²) in [4.78, 5) is 0. The second-order valence-corrected chi connectivity index (χ2v) is 99.2. The van der Waals surface area contributed by atoms with Gasteiger partial charge in [0.25, 0.3) is 0 Å². The van der Waals surface area contributed by atoms with Crippen LogP contribution < -0.4 is 0 Å². The van der Waals surface area contributed by atoms with Crippen molar-refractivity contribution in [1.82, 2.24) is 0 Å². The fourth-order valence-corrected chi connectivity index (χ4v) is 48.2. The Morgan fingerprint density at radius 3 is 1.44 bits per heavy atom. The Hall–Kier alpha value is -2.55. The number of fused-ring (bicyclic) bond motifs is 2. The van der Waals surface area contributed by atoms with E-state index in [9.17, 15) is 0 Å². The number of allylic oxidation sites excluding steroid dienone is 2. The van der Waals surface area contributed by atoms with E-state index >= 15 is 0 Å². The second kappa shape index (κ2) is 9.72. The molecule has 2 aliphatic carbocycles. The molecule has 0 saturated heterocycles. The predicted octanol–water partition coefficient (Wildman–Crippen LogP) is 11.9. The van der Waals surface area contributed by atoms with Gasteiger partial charge in [-0.2, -0.15) is 0 Å². The minimum absolute atomic E-state index is 0.438. The summed E-state index contributed by atoms with van der Waals surface area (Å²) in [5, 5.41) is 0. The molecule has 0 heterocycles. The number of benzene rings is 4. The maximum atomic E-state index is 2.85. The standard InChI is InChI=1S/2C16H13.C6H13.3CH3.Hf.H2Si/c2*1-12-8-10-14(11-9-12)16-7-3-5-13-4-2-6-15(13)16;1-3-5-6-4-2;;;;;/h2*2-11H,1H3;1,3-6H2,2H3;3*1H3;;1H2. The molecule has 0 N–H and O–H groups in total. The molecule has 0 bridgehead atoms. The summed E-state index contributed by atoms with van der Waals surface area (Å²) >= 11 is -4.92. The van der Waals surface area contributed by atoms with Crippen molar-refractivity contribution in [2.45, 2.75) is 72.0 Å². The summed E-state index contributed by atoms with van der Waals surface area (Å²) in [6, 6.07) is 32.4. The van der Waals surface area contributed by atoms with Crippen LogP contribution in [0.4, 0.5) is 0 Å². The zero-order valence-corrected chi connectivity index (χ0v) is 32.3. The molecule has 0 nitrogen and oxygen atoms in total. The molecule has 0 fully saturated rings. The fraction of sp³-hybridized carbons (Fsp3) is 0.317. The molecule has 4 aromatic rings. The molecule has 2 aliphatic rings. The topological polar surface area (TPSA) is 0 Å². The van der Waals surface area contributed by atoms with Crippen molar-refractivity contribution in [2.75, 3.05) is 0 Å². The molecular formula is C41H50HfSi. The third-order valence-corrected chi connectivity index (χ3v) is 58.0. The van der Waals surface area contributed by atoms with Gasteiger partial charge in [0.2, 0.25) is 0 Å². The molecule has 4 aromatic carbocycles. The first-order valence-electron chi connectivity index (χ1n) is 16.6. The van der Waals surface area contributed by atoms with Crippen molar-refractivity contribution >= 4 is 19.1 Å². The molecule has 2 heteroatoms. The molecule has 0 aromatic heterocycles. The molecule has 0 amide bonds. The normalized spacial score (nSPS) is 19.7. The summed E-state index contributed by atoms with van der Waals surface area (Å²) < 4.78 is 10.7. The Bertz CT molecular complexity index is 1770. The Morgan fingerprint density at radius 1 is 0.581 bits per heavy atom. The SMILES string of the molecule is CCCCC[CH2][Hf]([CH3])([CH3])([CH3])(=[SiH2])([CH]1C=Cc2c(-c3ccc(C)cc3)cccc21)[CH]1C=Cc2c(-c3ccc(C)cc3)cccc21. The summed E-state index contributed by atoms with van der Waals surface area (Å²) in [5.74, 6) is 0. The van der Waals surface area contributed by atoms with Crippen LogP contribution in [0.15, 0.2) is 97.1 Å². The number of hydrogen-bond acceptors (Lipinski definition) is 0. The Morgan fingerprint density at radius 2 is 1.02 bits per heavy atom. The number of aryl methyl sites for hydroxylation is 2. The van der Waals surface area contributed by atoms with E-state index in [4.69, 9.17) is 0 Å². The number of hydrogen-bond donors (Lipinski definition) is 0. The van der Waals surface area contributed by atoms with Crippen molar-refractivity contribution in [3.8, 4) is 22.3 Å². The van der Waals surface area contributed by atoms with E-state index in [-0.39, 0.29) is 0 Å². The van der Waals surface area contributed by atoms with Crippen LogP contribution in [0.2, 0.25) is 18.2 Å². The predicted molar refractivity (Wildman–Crippen MR) is 192 cm³/mol. The minimum atomic E-state index is -4.92. The van der Waals surface area contributed by atoms with Crippen molar-refractivity contribution < 1.29 is 14.2 Å². The van der Waals surface area contributed by atoms with E-state index in [1.807, 2.05) is 0 Å². The van der Waals surface area contributed by atoms with Gasteiger partial charge in [0.1, 0.15) is 0 Å². The third kappa shape index (κ3) is 4.97. The van der Waals surface area contributed by atoms with Crippen LogP contribution in [0.3, 0.4) is 0 Å². The van der Waals surface area contributed by atoms with Crippen LogP contribution in [-0.2, 0) is 14.2 Å². The van der Waals surface area contributed by atoms with Gasteiger partial charge in [0.05, 0.1) is 0 Å². The molecular weight excluding hydrogens is 699 g/mol. The first-order chi connectivity index (χ1) is 20.3. The van der Waals surface area contributed by atoms with Crippen LogP contribution in [-0.4, -0.2) is 6.94 Å². The molecule has 0 radical (unpaired) electrons. The Kier molecular flexibility index (Phi) is 6.89. The van der Waals surface area contributed by atoms with E-state index in [0.717, 1.165) is 0 Å². The monoisotopic (exact) mass is 750 g/mol. The van der Waals surface area contributed by atoms with Gasteiger partial charge in [0.15, 0.2) is 0 Å². The van der Waals surface area contributed by atoms with Crippen LogP contribution in [0, 0.1) is 13.8 Å². The molecule has 222 valence electrons. The van der Waals surface area contributed by atoms with E-state index in [1.165, 1.54) is 74.4 Å². The van der Waals surface area contributed by atoms with Gasteiger partial charge in [-0.15, -0.1) is 0 Å². The van der Waals surface area contributed by atoms with Crippen molar-refractivity contribution in [2.24, 2.45) is 0 Å². The summed E-state index contributed by atoms with van der Waals surface area (Å²) in [5.41, 5.74) is 14.0. The number of rotatable bonds is 9. The fourth-order valence-electron chi connectivity index (χ4n) is 9.07. The van der Waals surface area contributed by atoms with Crippen molar-refractivity contribution in [1.29, 1.82) is 0 Å². The Labute approximate surface area is 256 Å². The average molecular weight is 749 g/mol. The molecule has 0 aliphatic heterocycles. The van der Waals surface area contributed by atoms with Gasteiger partial charge in [-0.3, -0.25) is 0 Å². The van der Waals surface area contributed by atoms with Crippen LogP contribution in [0.25, 0.3) is 34.4 Å². The van der Waals surface area contributed by atoms with Gasteiger partial charge in [-0.05, 0) is 0 Å². The maximum absolute atomic E-state index is 4.92. The van der Waals surface area contributed by atoms with E-state index in [2.05, 4.69) is 151 Å². The third-order valence-electron chi connectivity index (χ3n) is 11.9. The van der Waals surface area contributed by atoms with Crippen LogP contribution >= 0.6 is 0 Å². The molecule has 0 saturated carbocycles. The first-order valence-corrected chi connectivity index (χ1v) is 42.4. The summed E-state index contributed by atoms with van der Waals surface area (Å²) in [6.45, 7) is 9.19. The molecule has 2 atom stereocenters. The first kappa shape index (κ1) is 30.5. The molecule has 6 rings (SSSR count). The molecule has 43 heavy (non-hydrogen) atoms. The van der Waals surface area contributed by atoms with Gasteiger partial charge in [-0.25, -0.2) is 0 Å².